The highest BCUT2D eigenvalue weighted by Crippen LogP contribution is 2.20. The van der Waals surface area contributed by atoms with Crippen LogP contribution in [0.15, 0.2) is 52.6 Å². The average molecular weight is 352 g/mol. The van der Waals surface area contributed by atoms with Gasteiger partial charge in [-0.25, -0.2) is 4.98 Å². The first kappa shape index (κ1) is 16.6. The van der Waals surface area contributed by atoms with Gasteiger partial charge in [-0.15, -0.1) is 0 Å². The fourth-order valence-corrected chi connectivity index (χ4v) is 3.30. The summed E-state index contributed by atoms with van der Waals surface area (Å²) >= 11 is 0. The Morgan fingerprint density at radius 1 is 1.23 bits per heavy atom. The molecule has 0 bridgehead atoms. The van der Waals surface area contributed by atoms with Crippen LogP contribution in [0.4, 0.5) is 0 Å². The van der Waals surface area contributed by atoms with Crippen LogP contribution in [0, 0.1) is 5.92 Å². The largest absolute Gasteiger partial charge is 0.343 e. The molecule has 3 aromatic heterocycles. The Morgan fingerprint density at radius 2 is 2.12 bits per heavy atom. The van der Waals surface area contributed by atoms with Crippen LogP contribution in [0.3, 0.4) is 0 Å². The Labute approximate surface area is 150 Å². The van der Waals surface area contributed by atoms with Crippen LogP contribution in [0.25, 0.3) is 11.3 Å². The van der Waals surface area contributed by atoms with Crippen molar-refractivity contribution in [1.82, 2.24) is 29.6 Å². The maximum absolute atomic E-state index is 12.4. The summed E-state index contributed by atoms with van der Waals surface area (Å²) in [5.41, 5.74) is 1.49. The number of hydrogen-bond acceptors (Lipinski definition) is 7. The highest BCUT2D eigenvalue weighted by Gasteiger charge is 2.21. The third kappa shape index (κ3) is 3.85. The Morgan fingerprint density at radius 3 is 2.81 bits per heavy atom. The third-order valence-electron chi connectivity index (χ3n) is 4.77. The quantitative estimate of drug-likeness (QED) is 0.689. The van der Waals surface area contributed by atoms with Crippen LogP contribution < -0.4 is 5.56 Å². The summed E-state index contributed by atoms with van der Waals surface area (Å²) in [5.74, 6) is 1.19. The molecular weight excluding hydrogens is 332 g/mol. The number of rotatable bonds is 5. The molecule has 134 valence electrons. The average Bonchev–Trinajstić information content (AvgIpc) is 3.19. The summed E-state index contributed by atoms with van der Waals surface area (Å²) in [6.07, 6.45) is 8.50. The molecular formula is C18H20N6O2. The fourth-order valence-electron chi connectivity index (χ4n) is 3.30. The molecule has 26 heavy (non-hydrogen) atoms. The van der Waals surface area contributed by atoms with E-state index in [0.29, 0.717) is 24.7 Å². The predicted octanol–water partition coefficient (Wildman–Crippen LogP) is 1.60. The van der Waals surface area contributed by atoms with Crippen LogP contribution in [0.1, 0.15) is 18.7 Å². The lowest BCUT2D eigenvalue weighted by molar-refractivity contribution is 0.161. The molecule has 3 aromatic rings. The number of nitrogens with zero attached hydrogens (tertiary/aromatic N) is 6. The fraction of sp³-hybridized carbons (Fsp3) is 0.389. The first-order valence-corrected chi connectivity index (χ1v) is 8.72. The first-order chi connectivity index (χ1) is 12.8. The lowest BCUT2D eigenvalue weighted by Gasteiger charge is -2.31. The molecule has 0 amide bonds. The van der Waals surface area contributed by atoms with Gasteiger partial charge in [0.05, 0.1) is 18.6 Å². The monoisotopic (exact) mass is 352 g/mol. The molecule has 0 atom stereocenters. The van der Waals surface area contributed by atoms with E-state index in [4.69, 9.17) is 4.52 Å². The lowest BCUT2D eigenvalue weighted by Crippen LogP contribution is -2.36. The van der Waals surface area contributed by atoms with Crippen molar-refractivity contribution >= 4 is 0 Å². The van der Waals surface area contributed by atoms with Gasteiger partial charge in [0.15, 0.2) is 5.82 Å². The topological polar surface area (TPSA) is 89.9 Å². The Kier molecular flexibility index (Phi) is 4.83. The van der Waals surface area contributed by atoms with Crippen molar-refractivity contribution in [3.8, 4) is 11.3 Å². The molecule has 1 aliphatic heterocycles. The number of hydrogen-bond donors (Lipinski definition) is 0. The van der Waals surface area contributed by atoms with E-state index in [2.05, 4.69) is 25.0 Å². The van der Waals surface area contributed by atoms with E-state index in [1.807, 2.05) is 12.1 Å². The van der Waals surface area contributed by atoms with Crippen LogP contribution in [0.2, 0.25) is 0 Å². The number of likely N-dealkylation sites (tertiary alicyclic amines) is 1. The van der Waals surface area contributed by atoms with E-state index in [-0.39, 0.29) is 5.56 Å². The van der Waals surface area contributed by atoms with Gasteiger partial charge in [0.2, 0.25) is 6.39 Å². The van der Waals surface area contributed by atoms with Crippen molar-refractivity contribution < 1.29 is 4.52 Å². The van der Waals surface area contributed by atoms with Crippen molar-refractivity contribution in [3.63, 3.8) is 0 Å². The van der Waals surface area contributed by atoms with Crippen molar-refractivity contribution in [1.29, 1.82) is 0 Å². The minimum Gasteiger partial charge on any atom is -0.343 e. The minimum absolute atomic E-state index is 0.0203. The zero-order chi connectivity index (χ0) is 17.8. The molecule has 1 aliphatic rings. The predicted molar refractivity (Wildman–Crippen MR) is 94.0 cm³/mol. The number of pyridine rings is 1. The molecule has 4 rings (SSSR count). The van der Waals surface area contributed by atoms with Crippen LogP contribution in [-0.2, 0) is 13.1 Å². The summed E-state index contributed by atoms with van der Waals surface area (Å²) in [4.78, 5) is 27.3. The molecule has 4 heterocycles. The summed E-state index contributed by atoms with van der Waals surface area (Å²) in [6.45, 7) is 3.35. The standard InChI is InChI=1S/C18H20N6O2/c25-18-8-16(15-2-1-5-19-9-15)20-12-24(18)10-14-3-6-23(7-4-14)11-17-21-13-26-22-17/h1-2,5,8-9,12-14H,3-4,6-7,10-11H2. The Hall–Kier alpha value is -2.87. The van der Waals surface area contributed by atoms with Crippen molar-refractivity contribution in [2.75, 3.05) is 13.1 Å². The normalized spacial score (nSPS) is 16.0. The van der Waals surface area contributed by atoms with Gasteiger partial charge in [-0.3, -0.25) is 19.2 Å². The zero-order valence-corrected chi connectivity index (χ0v) is 14.4. The molecule has 1 fully saturated rings. The molecule has 0 unspecified atom stereocenters. The summed E-state index contributed by atoms with van der Waals surface area (Å²) < 4.78 is 6.48. The molecule has 0 radical (unpaired) electrons. The molecule has 0 N–H and O–H groups in total. The first-order valence-electron chi connectivity index (χ1n) is 8.72. The lowest BCUT2D eigenvalue weighted by atomic mass is 9.96. The van der Waals surface area contributed by atoms with Gasteiger partial charge in [-0.1, -0.05) is 5.16 Å². The van der Waals surface area contributed by atoms with Gasteiger partial charge >= 0.3 is 0 Å². The summed E-state index contributed by atoms with van der Waals surface area (Å²) in [7, 11) is 0. The second-order valence-corrected chi connectivity index (χ2v) is 6.57. The third-order valence-corrected chi connectivity index (χ3v) is 4.77. The molecule has 0 aromatic carbocycles. The summed E-state index contributed by atoms with van der Waals surface area (Å²) in [6, 6.07) is 5.33. The van der Waals surface area contributed by atoms with Crippen LogP contribution >= 0.6 is 0 Å². The van der Waals surface area contributed by atoms with Crippen LogP contribution in [0.5, 0.6) is 0 Å². The van der Waals surface area contributed by atoms with E-state index in [0.717, 1.165) is 37.3 Å². The van der Waals surface area contributed by atoms with E-state index in [1.54, 1.807) is 29.4 Å². The zero-order valence-electron chi connectivity index (χ0n) is 14.4. The highest BCUT2D eigenvalue weighted by molar-refractivity contribution is 5.56. The van der Waals surface area contributed by atoms with Gasteiger partial charge < -0.3 is 4.52 Å². The second kappa shape index (κ2) is 7.57. The van der Waals surface area contributed by atoms with Gasteiger partial charge in [0.25, 0.3) is 5.56 Å². The molecule has 0 spiro atoms. The number of aromatic nitrogens is 5. The van der Waals surface area contributed by atoms with E-state index < -0.39 is 0 Å². The molecule has 8 nitrogen and oxygen atoms in total. The molecule has 8 heteroatoms. The molecule has 0 aliphatic carbocycles. The van der Waals surface area contributed by atoms with Crippen molar-refractivity contribution in [3.05, 3.63) is 59.5 Å². The van der Waals surface area contributed by atoms with Gasteiger partial charge in [-0.05, 0) is 44.0 Å². The van der Waals surface area contributed by atoms with Gasteiger partial charge in [-0.2, -0.15) is 4.98 Å². The molecule has 1 saturated heterocycles. The Bertz CT molecular complexity index is 886. The molecule has 0 saturated carbocycles. The van der Waals surface area contributed by atoms with Crippen molar-refractivity contribution in [2.45, 2.75) is 25.9 Å². The van der Waals surface area contributed by atoms with Crippen LogP contribution in [-0.4, -0.2) is 42.7 Å². The smallest absolute Gasteiger partial charge is 0.253 e. The van der Waals surface area contributed by atoms with Gasteiger partial charge in [0, 0.05) is 30.6 Å². The van der Waals surface area contributed by atoms with E-state index in [9.17, 15) is 4.79 Å². The van der Waals surface area contributed by atoms with E-state index in [1.165, 1.54) is 6.39 Å². The summed E-state index contributed by atoms with van der Waals surface area (Å²) in [5, 5.41) is 3.86. The SMILES string of the molecule is O=c1cc(-c2cccnc2)ncn1CC1CCN(Cc2ncon2)CC1. The second-order valence-electron chi connectivity index (χ2n) is 6.57. The minimum atomic E-state index is -0.0203. The maximum Gasteiger partial charge on any atom is 0.253 e. The Balaban J connectivity index is 1.35. The highest BCUT2D eigenvalue weighted by atomic mass is 16.5. The number of piperidine rings is 1. The van der Waals surface area contributed by atoms with E-state index >= 15 is 0 Å². The van der Waals surface area contributed by atoms with Gasteiger partial charge in [0.1, 0.15) is 0 Å². The maximum atomic E-state index is 12.4. The van der Waals surface area contributed by atoms with Crippen molar-refractivity contribution in [2.24, 2.45) is 5.92 Å².